The highest BCUT2D eigenvalue weighted by molar-refractivity contribution is 5.84. The van der Waals surface area contributed by atoms with Gasteiger partial charge in [0.1, 0.15) is 0 Å². The first-order valence-corrected chi connectivity index (χ1v) is 7.20. The molecule has 1 rings (SSSR count). The normalized spacial score (nSPS) is 26.6. The van der Waals surface area contributed by atoms with Gasteiger partial charge in [-0.2, -0.15) is 0 Å². The number of carbonyl (C=O) groups excluding carboxylic acids is 1. The smallest absolute Gasteiger partial charge is 0.241 e. The maximum atomic E-state index is 12.3. The van der Waals surface area contributed by atoms with Gasteiger partial charge in [-0.15, -0.1) is 0 Å². The summed E-state index contributed by atoms with van der Waals surface area (Å²) in [5.41, 5.74) is 0. The van der Waals surface area contributed by atoms with Crippen LogP contribution in [0.3, 0.4) is 0 Å². The summed E-state index contributed by atoms with van der Waals surface area (Å²) in [6, 6.07) is 0.436. The lowest BCUT2D eigenvalue weighted by Crippen LogP contribution is -2.41. The number of rotatable bonds is 7. The fraction of sp³-hybridized carbons (Fsp3) is 0.929. The van der Waals surface area contributed by atoms with Crippen molar-refractivity contribution in [3.63, 3.8) is 0 Å². The molecular formula is C14H28N2O. The Balaban J connectivity index is 2.52. The Morgan fingerprint density at radius 2 is 1.94 bits per heavy atom. The van der Waals surface area contributed by atoms with E-state index in [9.17, 15) is 4.79 Å². The van der Waals surface area contributed by atoms with Crippen molar-refractivity contribution in [1.29, 1.82) is 0 Å². The minimum atomic E-state index is 0.0639. The summed E-state index contributed by atoms with van der Waals surface area (Å²) in [6.07, 6.45) is 7.01. The molecule has 100 valence electrons. The van der Waals surface area contributed by atoms with Gasteiger partial charge < -0.3 is 4.90 Å². The molecule has 1 saturated heterocycles. The number of carbonyl (C=O) groups is 1. The van der Waals surface area contributed by atoms with Crippen LogP contribution in [0.15, 0.2) is 0 Å². The maximum Gasteiger partial charge on any atom is 0.241 e. The molecule has 0 aromatic rings. The van der Waals surface area contributed by atoms with Crippen LogP contribution < -0.4 is 5.32 Å². The zero-order valence-corrected chi connectivity index (χ0v) is 11.8. The number of hydrogen-bond acceptors (Lipinski definition) is 2. The number of nitrogens with zero attached hydrogens (tertiary/aromatic N) is 1. The Kier molecular flexibility index (Phi) is 5.96. The van der Waals surface area contributed by atoms with Gasteiger partial charge in [-0.25, -0.2) is 0 Å². The molecule has 3 atom stereocenters. The molecule has 0 radical (unpaired) electrons. The van der Waals surface area contributed by atoms with E-state index in [2.05, 4.69) is 37.9 Å². The van der Waals surface area contributed by atoms with Crippen LogP contribution in [0.5, 0.6) is 0 Å². The third kappa shape index (κ3) is 3.70. The molecular weight excluding hydrogens is 212 g/mol. The average molecular weight is 240 g/mol. The lowest BCUT2D eigenvalue weighted by molar-refractivity contribution is -0.132. The minimum Gasteiger partial charge on any atom is -0.323 e. The van der Waals surface area contributed by atoms with Gasteiger partial charge in [-0.3, -0.25) is 10.1 Å². The maximum absolute atomic E-state index is 12.3. The molecule has 0 spiro atoms. The fourth-order valence-corrected chi connectivity index (χ4v) is 2.67. The average Bonchev–Trinajstić information content (AvgIpc) is 2.59. The van der Waals surface area contributed by atoms with E-state index in [0.29, 0.717) is 11.9 Å². The summed E-state index contributed by atoms with van der Waals surface area (Å²) in [5.74, 6) is 0.314. The molecule has 0 bridgehead atoms. The fourth-order valence-electron chi connectivity index (χ4n) is 2.67. The number of hydrogen-bond donors (Lipinski definition) is 1. The van der Waals surface area contributed by atoms with Gasteiger partial charge in [-0.1, -0.05) is 39.5 Å². The van der Waals surface area contributed by atoms with Crippen LogP contribution in [0, 0.1) is 0 Å². The highest BCUT2D eigenvalue weighted by Crippen LogP contribution is 2.20. The van der Waals surface area contributed by atoms with E-state index in [1.54, 1.807) is 0 Å². The van der Waals surface area contributed by atoms with Gasteiger partial charge in [0.25, 0.3) is 0 Å². The molecule has 1 fully saturated rings. The van der Waals surface area contributed by atoms with Gasteiger partial charge in [0.2, 0.25) is 5.91 Å². The lowest BCUT2D eigenvalue weighted by Gasteiger charge is -2.28. The zero-order chi connectivity index (χ0) is 12.8. The standard InChI is InChI=1S/C14H28N2O/c1-5-7-9-11(3)16-12(4)15-13(14(16)17)10-8-6-2/h11-13,15H,5-10H2,1-4H3. The molecule has 17 heavy (non-hydrogen) atoms. The van der Waals surface area contributed by atoms with Crippen molar-refractivity contribution in [2.45, 2.75) is 84.5 Å². The zero-order valence-electron chi connectivity index (χ0n) is 11.8. The van der Waals surface area contributed by atoms with Gasteiger partial charge in [0.15, 0.2) is 0 Å². The summed E-state index contributed by atoms with van der Waals surface area (Å²) < 4.78 is 0. The number of nitrogens with one attached hydrogen (secondary N) is 1. The first-order chi connectivity index (χ1) is 8.11. The number of unbranched alkanes of at least 4 members (excludes halogenated alkanes) is 2. The Hall–Kier alpha value is -0.570. The second-order valence-electron chi connectivity index (χ2n) is 5.27. The van der Waals surface area contributed by atoms with Crippen molar-refractivity contribution in [2.24, 2.45) is 0 Å². The van der Waals surface area contributed by atoms with Crippen molar-refractivity contribution >= 4 is 5.91 Å². The van der Waals surface area contributed by atoms with E-state index in [4.69, 9.17) is 0 Å². The summed E-state index contributed by atoms with van der Waals surface area (Å²) >= 11 is 0. The highest BCUT2D eigenvalue weighted by Gasteiger charge is 2.37. The molecule has 1 aliphatic rings. The first kappa shape index (κ1) is 14.5. The molecule has 1 aliphatic heterocycles. The van der Waals surface area contributed by atoms with Crippen molar-refractivity contribution in [1.82, 2.24) is 10.2 Å². The minimum absolute atomic E-state index is 0.0639. The number of amides is 1. The molecule has 1 heterocycles. The van der Waals surface area contributed by atoms with E-state index < -0.39 is 0 Å². The first-order valence-electron chi connectivity index (χ1n) is 7.20. The molecule has 0 saturated carbocycles. The van der Waals surface area contributed by atoms with E-state index in [-0.39, 0.29) is 12.2 Å². The summed E-state index contributed by atoms with van der Waals surface area (Å²) in [7, 11) is 0. The Morgan fingerprint density at radius 3 is 2.53 bits per heavy atom. The third-order valence-electron chi connectivity index (χ3n) is 3.71. The quantitative estimate of drug-likeness (QED) is 0.742. The predicted octanol–water partition coefficient (Wildman–Crippen LogP) is 2.90. The van der Waals surface area contributed by atoms with E-state index in [0.717, 1.165) is 25.7 Å². The molecule has 3 unspecified atom stereocenters. The molecule has 0 aliphatic carbocycles. The second-order valence-corrected chi connectivity index (χ2v) is 5.27. The lowest BCUT2D eigenvalue weighted by atomic mass is 10.1. The molecule has 0 aromatic carbocycles. The van der Waals surface area contributed by atoms with Gasteiger partial charge >= 0.3 is 0 Å². The van der Waals surface area contributed by atoms with Crippen LogP contribution in [0.2, 0.25) is 0 Å². The largest absolute Gasteiger partial charge is 0.323 e. The van der Waals surface area contributed by atoms with Crippen LogP contribution in [0.25, 0.3) is 0 Å². The van der Waals surface area contributed by atoms with Gasteiger partial charge in [0, 0.05) is 6.04 Å². The van der Waals surface area contributed by atoms with Gasteiger partial charge in [0.05, 0.1) is 12.2 Å². The summed E-state index contributed by atoms with van der Waals surface area (Å²) in [5, 5.41) is 3.42. The molecule has 3 heteroatoms. The van der Waals surface area contributed by atoms with Gasteiger partial charge in [-0.05, 0) is 26.7 Å². The second kappa shape index (κ2) is 7.00. The van der Waals surface area contributed by atoms with E-state index in [1.807, 2.05) is 0 Å². The Labute approximate surface area is 106 Å². The highest BCUT2D eigenvalue weighted by atomic mass is 16.2. The topological polar surface area (TPSA) is 32.3 Å². The molecule has 1 amide bonds. The summed E-state index contributed by atoms with van der Waals surface area (Å²) in [6.45, 7) is 8.65. The van der Waals surface area contributed by atoms with Crippen LogP contribution in [-0.2, 0) is 4.79 Å². The van der Waals surface area contributed by atoms with Crippen molar-refractivity contribution < 1.29 is 4.79 Å². The van der Waals surface area contributed by atoms with Crippen molar-refractivity contribution in [2.75, 3.05) is 0 Å². The Bertz CT molecular complexity index is 242. The monoisotopic (exact) mass is 240 g/mol. The van der Waals surface area contributed by atoms with Crippen molar-refractivity contribution in [3.8, 4) is 0 Å². The third-order valence-corrected chi connectivity index (χ3v) is 3.71. The van der Waals surface area contributed by atoms with E-state index >= 15 is 0 Å². The molecule has 1 N–H and O–H groups in total. The molecule has 3 nitrogen and oxygen atoms in total. The Morgan fingerprint density at radius 1 is 1.29 bits per heavy atom. The SMILES string of the molecule is CCCCC1NC(C)N(C(C)CCCC)C1=O. The van der Waals surface area contributed by atoms with Crippen molar-refractivity contribution in [3.05, 3.63) is 0 Å². The predicted molar refractivity (Wildman–Crippen MR) is 71.7 cm³/mol. The summed E-state index contributed by atoms with van der Waals surface area (Å²) in [4.78, 5) is 14.3. The van der Waals surface area contributed by atoms with Crippen LogP contribution in [-0.4, -0.2) is 29.1 Å². The van der Waals surface area contributed by atoms with Crippen LogP contribution in [0.1, 0.15) is 66.2 Å². The van der Waals surface area contributed by atoms with Crippen LogP contribution >= 0.6 is 0 Å². The molecule has 0 aromatic heterocycles. The van der Waals surface area contributed by atoms with Crippen LogP contribution in [0.4, 0.5) is 0 Å². The van der Waals surface area contributed by atoms with E-state index in [1.165, 1.54) is 12.8 Å².